The molecular formula is C22H22O3S. The van der Waals surface area contributed by atoms with E-state index in [0.29, 0.717) is 17.2 Å². The van der Waals surface area contributed by atoms with Gasteiger partial charge in [-0.15, -0.1) is 0 Å². The third-order valence-electron chi connectivity index (χ3n) is 5.46. The summed E-state index contributed by atoms with van der Waals surface area (Å²) < 4.78 is 18.2. The number of hydrogen-bond acceptors (Lipinski definition) is 3. The first-order valence-corrected chi connectivity index (χ1v) is 10.1. The standard InChI is InChI=1S/C22H22O3S/c1-16-7-11-20(12-8-16)26(24)22(14-18-9-10-19(22)13-18)21(23)25-15-17-5-3-2-4-6-17/h2-12,18-19H,13-15H2,1H3/t18-,19+,22-,26?/m0/s1. The number of allylic oxidation sites excluding steroid dienone is 2. The van der Waals surface area contributed by atoms with E-state index in [2.05, 4.69) is 12.2 Å². The van der Waals surface area contributed by atoms with Crippen molar-refractivity contribution in [3.8, 4) is 0 Å². The van der Waals surface area contributed by atoms with Crippen molar-refractivity contribution in [1.29, 1.82) is 0 Å². The van der Waals surface area contributed by atoms with Crippen LogP contribution < -0.4 is 0 Å². The minimum Gasteiger partial charge on any atom is -0.460 e. The first-order chi connectivity index (χ1) is 12.6. The fraction of sp³-hybridized carbons (Fsp3) is 0.318. The molecule has 2 aromatic carbocycles. The molecular weight excluding hydrogens is 344 g/mol. The minimum absolute atomic E-state index is 0.0158. The summed E-state index contributed by atoms with van der Waals surface area (Å²) in [4.78, 5) is 13.9. The molecule has 0 radical (unpaired) electrons. The quantitative estimate of drug-likeness (QED) is 0.589. The largest absolute Gasteiger partial charge is 0.460 e. The minimum atomic E-state index is -1.44. The number of carbonyl (C=O) groups excluding carboxylic acids is 1. The SMILES string of the molecule is Cc1ccc(S(=O)[C@@]2(C(=O)OCc3ccccc3)C[C@H]3C=C[C@@H]2C3)cc1. The maximum Gasteiger partial charge on any atom is 0.326 e. The van der Waals surface area contributed by atoms with Gasteiger partial charge in [-0.3, -0.25) is 9.00 Å². The van der Waals surface area contributed by atoms with Gasteiger partial charge in [0.05, 0.1) is 10.8 Å². The highest BCUT2D eigenvalue weighted by Gasteiger charge is 2.59. The molecule has 0 aromatic heterocycles. The summed E-state index contributed by atoms with van der Waals surface area (Å²) in [5.74, 6) is -0.0336. The molecule has 4 heteroatoms. The van der Waals surface area contributed by atoms with E-state index in [1.54, 1.807) is 0 Å². The van der Waals surface area contributed by atoms with E-state index in [1.165, 1.54) is 0 Å². The van der Waals surface area contributed by atoms with Crippen LogP contribution in [0.2, 0.25) is 0 Å². The van der Waals surface area contributed by atoms with Crippen LogP contribution in [-0.2, 0) is 26.9 Å². The van der Waals surface area contributed by atoms with Crippen molar-refractivity contribution < 1.29 is 13.7 Å². The number of aryl methyl sites for hydroxylation is 1. The summed E-state index contributed by atoms with van der Waals surface area (Å²) in [5, 5.41) is 0. The summed E-state index contributed by atoms with van der Waals surface area (Å²) in [6, 6.07) is 17.3. The van der Waals surface area contributed by atoms with Crippen LogP contribution in [0.1, 0.15) is 24.0 Å². The smallest absolute Gasteiger partial charge is 0.326 e. The maximum absolute atomic E-state index is 13.5. The lowest BCUT2D eigenvalue weighted by Crippen LogP contribution is -2.47. The Morgan fingerprint density at radius 1 is 1.12 bits per heavy atom. The Hall–Kier alpha value is -2.20. The number of fused-ring (bicyclic) bond motifs is 2. The van der Waals surface area contributed by atoms with E-state index in [-0.39, 0.29) is 18.5 Å². The predicted molar refractivity (Wildman–Crippen MR) is 102 cm³/mol. The number of rotatable bonds is 5. The Morgan fingerprint density at radius 3 is 2.46 bits per heavy atom. The lowest BCUT2D eigenvalue weighted by molar-refractivity contribution is -0.148. The van der Waals surface area contributed by atoms with Gasteiger partial charge in [-0.25, -0.2) is 0 Å². The lowest BCUT2D eigenvalue weighted by atomic mass is 9.92. The fourth-order valence-electron chi connectivity index (χ4n) is 4.05. The van der Waals surface area contributed by atoms with E-state index in [9.17, 15) is 9.00 Å². The maximum atomic E-state index is 13.5. The molecule has 1 unspecified atom stereocenters. The van der Waals surface area contributed by atoms with Gasteiger partial charge in [0.2, 0.25) is 0 Å². The zero-order valence-corrected chi connectivity index (χ0v) is 15.6. The van der Waals surface area contributed by atoms with Crippen molar-refractivity contribution in [3.05, 3.63) is 77.9 Å². The molecule has 4 rings (SSSR count). The Labute approximate surface area is 156 Å². The second-order valence-electron chi connectivity index (χ2n) is 7.22. The molecule has 1 fully saturated rings. The summed E-state index contributed by atoms with van der Waals surface area (Å²) in [7, 11) is -1.44. The van der Waals surface area contributed by atoms with Crippen molar-refractivity contribution in [2.45, 2.75) is 36.0 Å². The van der Waals surface area contributed by atoms with Crippen LogP contribution in [0.5, 0.6) is 0 Å². The summed E-state index contributed by atoms with van der Waals surface area (Å²) in [6.45, 7) is 2.21. The molecule has 0 saturated heterocycles. The predicted octanol–water partition coefficient (Wildman–Crippen LogP) is 4.18. The summed E-state index contributed by atoms with van der Waals surface area (Å²) in [5.41, 5.74) is 2.05. The van der Waals surface area contributed by atoms with Gasteiger partial charge in [0, 0.05) is 10.8 Å². The van der Waals surface area contributed by atoms with Gasteiger partial charge in [-0.1, -0.05) is 60.2 Å². The molecule has 0 heterocycles. The average molecular weight is 366 g/mol. The number of hydrogen-bond donors (Lipinski definition) is 0. The number of esters is 1. The molecule has 0 aliphatic heterocycles. The van der Waals surface area contributed by atoms with Gasteiger partial charge in [0.15, 0.2) is 4.75 Å². The van der Waals surface area contributed by atoms with Crippen LogP contribution in [0.25, 0.3) is 0 Å². The van der Waals surface area contributed by atoms with Crippen molar-refractivity contribution in [2.24, 2.45) is 11.8 Å². The zero-order chi connectivity index (χ0) is 18.1. The molecule has 1 saturated carbocycles. The van der Waals surface area contributed by atoms with Gasteiger partial charge < -0.3 is 4.74 Å². The molecule has 0 spiro atoms. The van der Waals surface area contributed by atoms with Gasteiger partial charge in [0.25, 0.3) is 0 Å². The number of carbonyl (C=O) groups is 1. The van der Waals surface area contributed by atoms with Crippen molar-refractivity contribution >= 4 is 16.8 Å². The van der Waals surface area contributed by atoms with Crippen LogP contribution >= 0.6 is 0 Å². The summed E-state index contributed by atoms with van der Waals surface area (Å²) in [6.07, 6.45) is 5.70. The first kappa shape index (κ1) is 17.2. The molecule has 4 atom stereocenters. The van der Waals surface area contributed by atoms with E-state index in [0.717, 1.165) is 17.5 Å². The van der Waals surface area contributed by atoms with Crippen LogP contribution in [0.15, 0.2) is 71.6 Å². The number of ether oxygens (including phenoxy) is 1. The van der Waals surface area contributed by atoms with Crippen LogP contribution in [-0.4, -0.2) is 14.9 Å². The van der Waals surface area contributed by atoms with E-state index in [1.807, 2.05) is 61.5 Å². The monoisotopic (exact) mass is 366 g/mol. The van der Waals surface area contributed by atoms with Crippen molar-refractivity contribution in [3.63, 3.8) is 0 Å². The van der Waals surface area contributed by atoms with Crippen molar-refractivity contribution in [2.75, 3.05) is 0 Å². The molecule has 2 bridgehead atoms. The fourth-order valence-corrected chi connectivity index (χ4v) is 5.88. The number of benzene rings is 2. The molecule has 0 amide bonds. The van der Waals surface area contributed by atoms with Crippen molar-refractivity contribution in [1.82, 2.24) is 0 Å². The Morgan fingerprint density at radius 2 is 1.85 bits per heavy atom. The Balaban J connectivity index is 1.62. The molecule has 0 N–H and O–H groups in total. The highest BCUT2D eigenvalue weighted by atomic mass is 32.2. The van der Waals surface area contributed by atoms with Crippen LogP contribution in [0.4, 0.5) is 0 Å². The third kappa shape index (κ3) is 2.92. The van der Waals surface area contributed by atoms with Gasteiger partial charge in [0.1, 0.15) is 6.61 Å². The molecule has 134 valence electrons. The second-order valence-corrected chi connectivity index (χ2v) is 8.96. The van der Waals surface area contributed by atoms with Crippen LogP contribution in [0.3, 0.4) is 0 Å². The van der Waals surface area contributed by atoms with E-state index in [4.69, 9.17) is 4.74 Å². The topological polar surface area (TPSA) is 43.4 Å². The van der Waals surface area contributed by atoms with Gasteiger partial charge in [-0.05, 0) is 43.4 Å². The zero-order valence-electron chi connectivity index (χ0n) is 14.8. The Bertz CT molecular complexity index is 857. The highest BCUT2D eigenvalue weighted by Crippen LogP contribution is 2.51. The molecule has 2 aromatic rings. The average Bonchev–Trinajstić information content (AvgIpc) is 3.29. The molecule has 2 aliphatic rings. The van der Waals surface area contributed by atoms with Crippen LogP contribution in [0, 0.1) is 18.8 Å². The molecule has 2 aliphatic carbocycles. The third-order valence-corrected chi connectivity index (χ3v) is 7.46. The summed E-state index contributed by atoms with van der Waals surface area (Å²) >= 11 is 0. The Kier molecular flexibility index (Phi) is 4.53. The second kappa shape index (κ2) is 6.84. The van der Waals surface area contributed by atoms with Gasteiger partial charge >= 0.3 is 5.97 Å². The van der Waals surface area contributed by atoms with E-state index >= 15 is 0 Å². The highest BCUT2D eigenvalue weighted by molar-refractivity contribution is 7.87. The van der Waals surface area contributed by atoms with E-state index < -0.39 is 15.5 Å². The molecule has 3 nitrogen and oxygen atoms in total. The van der Waals surface area contributed by atoms with Gasteiger partial charge in [-0.2, -0.15) is 0 Å². The lowest BCUT2D eigenvalue weighted by Gasteiger charge is -2.32. The first-order valence-electron chi connectivity index (χ1n) is 8.97. The normalized spacial score (nSPS) is 27.4. The molecule has 26 heavy (non-hydrogen) atoms.